The van der Waals surface area contributed by atoms with Gasteiger partial charge in [-0.3, -0.25) is 0 Å². The molecule has 2 nitrogen and oxygen atoms in total. The fraction of sp³-hybridized carbons (Fsp3) is 0.143. The first-order valence-electron chi connectivity index (χ1n) is 8.91. The Morgan fingerprint density at radius 3 is 1.21 bits per heavy atom. The molecule has 1 atom stereocenters. The minimum Gasteiger partial charge on any atom is -0.378 e. The van der Waals surface area contributed by atoms with Crippen molar-refractivity contribution in [2.75, 3.05) is 0 Å². The molecule has 1 unspecified atom stereocenters. The van der Waals surface area contributed by atoms with Gasteiger partial charge in [0.25, 0.3) is 0 Å². The maximum absolute atomic E-state index is 14.6. The van der Waals surface area contributed by atoms with Crippen LogP contribution in [0.2, 0.25) is 0 Å². The summed E-state index contributed by atoms with van der Waals surface area (Å²) in [4.78, 5) is 0. The molecule has 0 fully saturated rings. The van der Waals surface area contributed by atoms with Crippen LogP contribution in [-0.4, -0.2) is 11.1 Å². The van der Waals surface area contributed by atoms with E-state index in [1.165, 1.54) is 30.3 Å². The van der Waals surface area contributed by atoms with Crippen LogP contribution in [0.4, 0.5) is 43.9 Å². The topological polar surface area (TPSA) is 46.2 Å². The lowest BCUT2D eigenvalue weighted by Crippen LogP contribution is -2.50. The van der Waals surface area contributed by atoms with Gasteiger partial charge in [-0.2, -0.15) is 0 Å². The van der Waals surface area contributed by atoms with Crippen LogP contribution in [0.15, 0.2) is 30.3 Å². The van der Waals surface area contributed by atoms with E-state index in [1.807, 2.05) is 0 Å². The molecule has 0 aliphatic carbocycles. The monoisotopic (exact) mass is 483 g/mol. The molecule has 0 saturated carbocycles. The van der Waals surface area contributed by atoms with Crippen LogP contribution in [0, 0.1) is 58.2 Å². The van der Waals surface area contributed by atoms with Gasteiger partial charge < -0.3 is 10.8 Å². The number of aliphatic hydroxyl groups is 1. The van der Waals surface area contributed by atoms with E-state index in [2.05, 4.69) is 0 Å². The zero-order valence-electron chi connectivity index (χ0n) is 16.0. The molecule has 176 valence electrons. The first-order valence-corrected chi connectivity index (χ1v) is 8.91. The molecular formula is C21H11F10NO. The van der Waals surface area contributed by atoms with Crippen LogP contribution in [0.25, 0.3) is 0 Å². The molecule has 3 rings (SSSR count). The standard InChI is InChI=1S/C21H11F10NO/c22-11-9(12(23)16(27)19(30)15(11)26)21(33,8(32)6-7-4-2-1-3-5-7)10-13(24)17(28)20(31)18(29)14(10)25/h1-5,8,33H,6,32H2. The van der Waals surface area contributed by atoms with E-state index in [1.54, 1.807) is 0 Å². The third-order valence-electron chi connectivity index (χ3n) is 5.02. The van der Waals surface area contributed by atoms with Crippen molar-refractivity contribution in [2.45, 2.75) is 18.1 Å². The van der Waals surface area contributed by atoms with Crippen molar-refractivity contribution in [2.24, 2.45) is 5.73 Å². The summed E-state index contributed by atoms with van der Waals surface area (Å²) in [6.07, 6.45) is -0.754. The summed E-state index contributed by atoms with van der Waals surface area (Å²) >= 11 is 0. The van der Waals surface area contributed by atoms with Crippen molar-refractivity contribution >= 4 is 0 Å². The smallest absolute Gasteiger partial charge is 0.200 e. The van der Waals surface area contributed by atoms with Crippen molar-refractivity contribution in [3.05, 3.63) is 105 Å². The molecule has 0 heterocycles. The van der Waals surface area contributed by atoms with E-state index in [0.717, 1.165) is 0 Å². The van der Waals surface area contributed by atoms with Crippen LogP contribution in [0.1, 0.15) is 16.7 Å². The average Bonchev–Trinajstić information content (AvgIpc) is 2.79. The number of benzene rings is 3. The van der Waals surface area contributed by atoms with Crippen LogP contribution < -0.4 is 5.73 Å². The summed E-state index contributed by atoms with van der Waals surface area (Å²) in [5.74, 6) is -27.0. The Morgan fingerprint density at radius 2 is 0.879 bits per heavy atom. The van der Waals surface area contributed by atoms with Crippen LogP contribution >= 0.6 is 0 Å². The second kappa shape index (κ2) is 8.67. The third kappa shape index (κ3) is 3.72. The predicted molar refractivity (Wildman–Crippen MR) is 93.6 cm³/mol. The average molecular weight is 483 g/mol. The largest absolute Gasteiger partial charge is 0.378 e. The first-order chi connectivity index (χ1) is 15.3. The van der Waals surface area contributed by atoms with Gasteiger partial charge in [-0.25, -0.2) is 43.9 Å². The highest BCUT2D eigenvalue weighted by Crippen LogP contribution is 2.42. The zero-order valence-corrected chi connectivity index (χ0v) is 16.0. The van der Waals surface area contributed by atoms with E-state index >= 15 is 0 Å². The Hall–Kier alpha value is -3.12. The fourth-order valence-electron chi connectivity index (χ4n) is 3.39. The molecule has 3 aromatic rings. The summed E-state index contributed by atoms with van der Waals surface area (Å²) in [6, 6.07) is 4.53. The lowest BCUT2D eigenvalue weighted by Gasteiger charge is -2.36. The number of halogens is 10. The Labute approximate surface area is 178 Å². The molecule has 0 saturated heterocycles. The normalized spacial score (nSPS) is 12.8. The highest BCUT2D eigenvalue weighted by Gasteiger charge is 2.50. The lowest BCUT2D eigenvalue weighted by atomic mass is 9.76. The van der Waals surface area contributed by atoms with E-state index < -0.39 is 87.4 Å². The first kappa shape index (κ1) is 24.5. The van der Waals surface area contributed by atoms with Crippen molar-refractivity contribution < 1.29 is 49.0 Å². The number of hydrogen-bond donors (Lipinski definition) is 2. The van der Waals surface area contributed by atoms with Gasteiger partial charge in [0.05, 0.1) is 11.1 Å². The SMILES string of the molecule is NC(Cc1ccccc1)C(O)(c1c(F)c(F)c(F)c(F)c1F)c1c(F)c(F)c(F)c(F)c1F. The third-order valence-corrected chi connectivity index (χ3v) is 5.02. The molecular weight excluding hydrogens is 472 g/mol. The number of hydrogen-bond acceptors (Lipinski definition) is 2. The van der Waals surface area contributed by atoms with Gasteiger partial charge in [0.15, 0.2) is 46.5 Å². The van der Waals surface area contributed by atoms with Crippen molar-refractivity contribution in [1.82, 2.24) is 0 Å². The van der Waals surface area contributed by atoms with Crippen LogP contribution in [-0.2, 0) is 12.0 Å². The number of nitrogens with two attached hydrogens (primary N) is 1. The van der Waals surface area contributed by atoms with E-state index in [0.29, 0.717) is 0 Å². The van der Waals surface area contributed by atoms with E-state index in [4.69, 9.17) is 5.73 Å². The van der Waals surface area contributed by atoms with Crippen LogP contribution in [0.3, 0.4) is 0 Å². The minimum absolute atomic E-state index is 0.121. The van der Waals surface area contributed by atoms with Gasteiger partial charge in [-0.1, -0.05) is 30.3 Å². The molecule has 0 aliphatic rings. The Morgan fingerprint density at radius 1 is 0.576 bits per heavy atom. The molecule has 12 heteroatoms. The summed E-state index contributed by atoms with van der Waals surface area (Å²) in [6.45, 7) is 0. The van der Waals surface area contributed by atoms with E-state index in [-0.39, 0.29) is 5.56 Å². The molecule has 0 amide bonds. The second-order valence-electron chi connectivity index (χ2n) is 6.95. The van der Waals surface area contributed by atoms with Gasteiger partial charge >= 0.3 is 0 Å². The molecule has 0 aliphatic heterocycles. The van der Waals surface area contributed by atoms with Gasteiger partial charge in [0.2, 0.25) is 11.6 Å². The summed E-state index contributed by atoms with van der Waals surface area (Å²) in [5, 5.41) is 11.1. The molecule has 3 aromatic carbocycles. The van der Waals surface area contributed by atoms with Crippen molar-refractivity contribution in [3.63, 3.8) is 0 Å². The molecule has 33 heavy (non-hydrogen) atoms. The highest BCUT2D eigenvalue weighted by molar-refractivity contribution is 5.44. The number of rotatable bonds is 5. The molecule has 3 N–H and O–H groups in total. The van der Waals surface area contributed by atoms with E-state index in [9.17, 15) is 49.0 Å². The molecule has 0 radical (unpaired) electrons. The predicted octanol–water partition coefficient (Wildman–Crippen LogP) is 4.88. The Kier molecular flexibility index (Phi) is 6.44. The summed E-state index contributed by atoms with van der Waals surface area (Å²) < 4.78 is 141. The molecule has 0 bridgehead atoms. The van der Waals surface area contributed by atoms with Gasteiger partial charge in [-0.15, -0.1) is 0 Å². The van der Waals surface area contributed by atoms with Crippen molar-refractivity contribution in [1.29, 1.82) is 0 Å². The minimum atomic E-state index is -4.11. The summed E-state index contributed by atoms with van der Waals surface area (Å²) in [5.41, 5.74) is -2.85. The van der Waals surface area contributed by atoms with Gasteiger partial charge in [0.1, 0.15) is 5.60 Å². The van der Waals surface area contributed by atoms with Crippen molar-refractivity contribution in [3.8, 4) is 0 Å². The maximum atomic E-state index is 14.6. The van der Waals surface area contributed by atoms with Gasteiger partial charge in [-0.05, 0) is 12.0 Å². The lowest BCUT2D eigenvalue weighted by molar-refractivity contribution is 0.0330. The Balaban J connectivity index is 2.45. The highest BCUT2D eigenvalue weighted by atomic mass is 19.2. The second-order valence-corrected chi connectivity index (χ2v) is 6.95. The van der Waals surface area contributed by atoms with Gasteiger partial charge in [0, 0.05) is 6.04 Å². The molecule has 0 aromatic heterocycles. The summed E-state index contributed by atoms with van der Waals surface area (Å²) in [7, 11) is 0. The Bertz CT molecular complexity index is 1100. The quantitative estimate of drug-likeness (QED) is 0.309. The van der Waals surface area contributed by atoms with Crippen LogP contribution in [0.5, 0.6) is 0 Å². The fourth-order valence-corrected chi connectivity index (χ4v) is 3.39. The molecule has 0 spiro atoms. The zero-order chi connectivity index (χ0) is 24.8. The maximum Gasteiger partial charge on any atom is 0.200 e.